The summed E-state index contributed by atoms with van der Waals surface area (Å²) in [5, 5.41) is 0. The van der Waals surface area contributed by atoms with Gasteiger partial charge in [0.1, 0.15) is 11.6 Å². The average molecular weight is 322 g/mol. The molecule has 0 radical (unpaired) electrons. The number of ether oxygens (including phenoxy) is 3. The highest BCUT2D eigenvalue weighted by Gasteiger charge is 2.43. The lowest BCUT2D eigenvalue weighted by Crippen LogP contribution is -2.46. The van der Waals surface area contributed by atoms with Crippen molar-refractivity contribution >= 4 is 17.7 Å². The van der Waals surface area contributed by atoms with Crippen molar-refractivity contribution in [3.05, 3.63) is 17.8 Å². The molecule has 1 aromatic heterocycles. The van der Waals surface area contributed by atoms with Gasteiger partial charge >= 0.3 is 12.1 Å². The Morgan fingerprint density at radius 1 is 1.39 bits per heavy atom. The van der Waals surface area contributed by atoms with E-state index in [9.17, 15) is 9.59 Å². The van der Waals surface area contributed by atoms with E-state index in [-0.39, 0.29) is 13.0 Å². The number of aromatic nitrogens is 1. The first-order chi connectivity index (χ1) is 10.8. The molecule has 1 aromatic rings. The Balaban J connectivity index is 2.41. The summed E-state index contributed by atoms with van der Waals surface area (Å²) >= 11 is 0. The number of pyridine rings is 1. The number of esters is 1. The number of nitrogens with zero attached hydrogens (tertiary/aromatic N) is 2. The number of methoxy groups -OCH3 is 1. The topological polar surface area (TPSA) is 78.0 Å². The zero-order valence-electron chi connectivity index (χ0n) is 14.1. The molecule has 0 spiro atoms. The van der Waals surface area contributed by atoms with E-state index in [0.717, 1.165) is 0 Å². The normalized spacial score (nSPS) is 16.7. The van der Waals surface area contributed by atoms with E-state index < -0.39 is 23.7 Å². The molecule has 0 aromatic carbocycles. The molecule has 2 rings (SSSR count). The van der Waals surface area contributed by atoms with Crippen molar-refractivity contribution in [1.82, 2.24) is 4.98 Å². The van der Waals surface area contributed by atoms with Gasteiger partial charge in [-0.15, -0.1) is 0 Å². The lowest BCUT2D eigenvalue weighted by Gasteiger charge is -2.28. The average Bonchev–Trinajstić information content (AvgIpc) is 2.85. The van der Waals surface area contributed by atoms with Gasteiger partial charge in [0.2, 0.25) is 5.88 Å². The highest BCUT2D eigenvalue weighted by molar-refractivity contribution is 5.99. The molecule has 1 unspecified atom stereocenters. The van der Waals surface area contributed by atoms with Crippen molar-refractivity contribution in [1.29, 1.82) is 0 Å². The second kappa shape index (κ2) is 6.44. The number of hydrogen-bond donors (Lipinski definition) is 0. The van der Waals surface area contributed by atoms with Crippen molar-refractivity contribution in [2.24, 2.45) is 0 Å². The first-order valence-electron chi connectivity index (χ1n) is 7.49. The number of rotatable bonds is 3. The molecule has 0 saturated carbocycles. The first-order valence-corrected chi connectivity index (χ1v) is 7.49. The van der Waals surface area contributed by atoms with Crippen molar-refractivity contribution in [2.75, 3.05) is 18.6 Å². The summed E-state index contributed by atoms with van der Waals surface area (Å²) in [6, 6.07) is 0.888. The zero-order valence-corrected chi connectivity index (χ0v) is 14.1. The third kappa shape index (κ3) is 3.55. The van der Waals surface area contributed by atoms with Crippen LogP contribution in [0, 0.1) is 0 Å². The Morgan fingerprint density at radius 2 is 2.09 bits per heavy atom. The van der Waals surface area contributed by atoms with Gasteiger partial charge in [0.25, 0.3) is 0 Å². The van der Waals surface area contributed by atoms with Crippen LogP contribution in [0.5, 0.6) is 5.88 Å². The molecule has 7 heteroatoms. The molecule has 0 fully saturated rings. The van der Waals surface area contributed by atoms with Crippen LogP contribution in [-0.2, 0) is 20.7 Å². The van der Waals surface area contributed by atoms with Crippen molar-refractivity contribution in [2.45, 2.75) is 45.8 Å². The van der Waals surface area contributed by atoms with Gasteiger partial charge in [-0.05, 0) is 33.8 Å². The summed E-state index contributed by atoms with van der Waals surface area (Å²) in [4.78, 5) is 30.3. The van der Waals surface area contributed by atoms with Crippen molar-refractivity contribution < 1.29 is 23.8 Å². The zero-order chi connectivity index (χ0) is 17.2. The minimum Gasteiger partial charge on any atom is -0.481 e. The van der Waals surface area contributed by atoms with Gasteiger partial charge < -0.3 is 14.2 Å². The molecule has 0 aliphatic carbocycles. The van der Waals surface area contributed by atoms with Crippen molar-refractivity contribution in [3.8, 4) is 5.88 Å². The molecule has 0 saturated heterocycles. The molecular weight excluding hydrogens is 300 g/mol. The van der Waals surface area contributed by atoms with E-state index in [2.05, 4.69) is 4.98 Å². The Labute approximate surface area is 135 Å². The van der Waals surface area contributed by atoms with Crippen LogP contribution in [0.15, 0.2) is 12.3 Å². The predicted octanol–water partition coefficient (Wildman–Crippen LogP) is 2.32. The predicted molar refractivity (Wildman–Crippen MR) is 83.6 cm³/mol. The Hall–Kier alpha value is -2.31. The van der Waals surface area contributed by atoms with Crippen LogP contribution in [-0.4, -0.2) is 42.4 Å². The minimum atomic E-state index is -0.780. The molecular formula is C16H22N2O5. The molecule has 2 heterocycles. The van der Waals surface area contributed by atoms with Crippen LogP contribution < -0.4 is 9.64 Å². The fraction of sp³-hybridized carbons (Fsp3) is 0.562. The van der Waals surface area contributed by atoms with E-state index in [1.54, 1.807) is 33.8 Å². The Bertz CT molecular complexity index is 609. The largest absolute Gasteiger partial charge is 0.481 e. The van der Waals surface area contributed by atoms with Crippen LogP contribution in [0.2, 0.25) is 0 Å². The number of anilines is 1. The fourth-order valence-electron chi connectivity index (χ4n) is 2.47. The lowest BCUT2D eigenvalue weighted by molar-refractivity contribution is -0.144. The second-order valence-electron chi connectivity index (χ2n) is 6.14. The maximum absolute atomic E-state index is 12.6. The second-order valence-corrected chi connectivity index (χ2v) is 6.14. The van der Waals surface area contributed by atoms with Crippen molar-refractivity contribution in [3.63, 3.8) is 0 Å². The molecule has 1 atom stereocenters. The van der Waals surface area contributed by atoms with E-state index in [1.165, 1.54) is 18.2 Å². The molecule has 7 nitrogen and oxygen atoms in total. The van der Waals surface area contributed by atoms with Gasteiger partial charge in [0.15, 0.2) is 0 Å². The molecule has 1 aliphatic rings. The molecule has 1 amide bonds. The first kappa shape index (κ1) is 17.1. The van der Waals surface area contributed by atoms with Crippen LogP contribution >= 0.6 is 0 Å². The van der Waals surface area contributed by atoms with Gasteiger partial charge in [-0.3, -0.25) is 4.90 Å². The van der Waals surface area contributed by atoms with Crippen LogP contribution in [0.3, 0.4) is 0 Å². The maximum Gasteiger partial charge on any atom is 0.415 e. The van der Waals surface area contributed by atoms with E-state index in [4.69, 9.17) is 14.2 Å². The number of carbonyl (C=O) groups excluding carboxylic acids is 2. The van der Waals surface area contributed by atoms with E-state index in [1.807, 2.05) is 0 Å². The summed E-state index contributed by atoms with van der Waals surface area (Å²) < 4.78 is 15.8. The fourth-order valence-corrected chi connectivity index (χ4v) is 2.47. The highest BCUT2D eigenvalue weighted by Crippen LogP contribution is 2.38. The van der Waals surface area contributed by atoms with Gasteiger partial charge in [0, 0.05) is 18.2 Å². The quantitative estimate of drug-likeness (QED) is 0.795. The Kier molecular flexibility index (Phi) is 4.77. The molecule has 1 aliphatic heterocycles. The smallest absolute Gasteiger partial charge is 0.415 e. The monoisotopic (exact) mass is 322 g/mol. The summed E-state index contributed by atoms with van der Waals surface area (Å²) in [6.45, 7) is 7.28. The van der Waals surface area contributed by atoms with Gasteiger partial charge in [-0.2, -0.15) is 0 Å². The van der Waals surface area contributed by atoms with E-state index in [0.29, 0.717) is 17.1 Å². The highest BCUT2D eigenvalue weighted by atomic mass is 16.6. The number of fused-ring (bicyclic) bond motifs is 1. The molecule has 126 valence electrons. The van der Waals surface area contributed by atoms with Gasteiger partial charge in [-0.1, -0.05) is 0 Å². The SMILES string of the molecule is CCOC(=O)C1Cc2c(ccnc2OC)N1C(=O)OC(C)(C)C. The van der Waals surface area contributed by atoms with Gasteiger partial charge in [0.05, 0.1) is 19.4 Å². The third-order valence-corrected chi connectivity index (χ3v) is 3.30. The lowest BCUT2D eigenvalue weighted by atomic mass is 10.1. The number of amides is 1. The summed E-state index contributed by atoms with van der Waals surface area (Å²) in [5.74, 6) is -0.0838. The number of carbonyl (C=O) groups is 2. The standard InChI is InChI=1S/C16H22N2O5/c1-6-22-14(19)12-9-10-11(7-8-17-13(10)21-5)18(12)15(20)23-16(2,3)4/h7-8,12H,6,9H2,1-5H3. The molecule has 0 N–H and O–H groups in total. The minimum absolute atomic E-state index is 0.239. The number of hydrogen-bond acceptors (Lipinski definition) is 6. The molecule has 23 heavy (non-hydrogen) atoms. The third-order valence-electron chi connectivity index (χ3n) is 3.30. The Morgan fingerprint density at radius 3 is 2.65 bits per heavy atom. The summed E-state index contributed by atoms with van der Waals surface area (Å²) in [5.41, 5.74) is 0.582. The van der Waals surface area contributed by atoms with Crippen LogP contribution in [0.4, 0.5) is 10.5 Å². The van der Waals surface area contributed by atoms with Gasteiger partial charge in [-0.25, -0.2) is 14.6 Å². The van der Waals surface area contributed by atoms with Crippen LogP contribution in [0.1, 0.15) is 33.3 Å². The maximum atomic E-state index is 12.6. The summed E-state index contributed by atoms with van der Waals surface area (Å²) in [7, 11) is 1.50. The summed E-state index contributed by atoms with van der Waals surface area (Å²) in [6.07, 6.45) is 1.22. The van der Waals surface area contributed by atoms with E-state index >= 15 is 0 Å². The van der Waals surface area contributed by atoms with Crippen LogP contribution in [0.25, 0.3) is 0 Å². The molecule has 0 bridgehead atoms.